The highest BCUT2D eigenvalue weighted by molar-refractivity contribution is 5.03. The van der Waals surface area contributed by atoms with Gasteiger partial charge in [-0.2, -0.15) is 0 Å². The first-order valence-electron chi connectivity index (χ1n) is 8.57. The first-order chi connectivity index (χ1) is 10.3. The van der Waals surface area contributed by atoms with Gasteiger partial charge in [-0.3, -0.25) is 0 Å². The lowest BCUT2D eigenvalue weighted by Gasteiger charge is -2.40. The Morgan fingerprint density at radius 2 is 2.00 bits per heavy atom. The van der Waals surface area contributed by atoms with Crippen LogP contribution in [-0.2, 0) is 17.7 Å². The maximum absolute atomic E-state index is 6.33. The summed E-state index contributed by atoms with van der Waals surface area (Å²) in [6.45, 7) is 6.06. The van der Waals surface area contributed by atoms with Crippen molar-refractivity contribution in [1.82, 2.24) is 14.9 Å². The minimum Gasteiger partial charge on any atom is -0.374 e. The zero-order valence-corrected chi connectivity index (χ0v) is 13.9. The van der Waals surface area contributed by atoms with Gasteiger partial charge in [-0.05, 0) is 33.7 Å². The van der Waals surface area contributed by atoms with Gasteiger partial charge in [0.05, 0.1) is 5.60 Å². The summed E-state index contributed by atoms with van der Waals surface area (Å²) in [7, 11) is 2.07. The number of ether oxygens (including phenoxy) is 1. The van der Waals surface area contributed by atoms with E-state index in [4.69, 9.17) is 4.74 Å². The predicted molar refractivity (Wildman–Crippen MR) is 86.5 cm³/mol. The molecular weight excluding hydrogens is 262 g/mol. The highest BCUT2D eigenvalue weighted by atomic mass is 16.5. The van der Waals surface area contributed by atoms with Gasteiger partial charge in [-0.15, -0.1) is 0 Å². The Hall–Kier alpha value is -0.870. The molecule has 0 aromatic carbocycles. The van der Waals surface area contributed by atoms with Crippen LogP contribution < -0.4 is 5.32 Å². The third-order valence-corrected chi connectivity index (χ3v) is 4.89. The average molecular weight is 293 g/mol. The smallest absolute Gasteiger partial charge is 0.110 e. The molecule has 4 nitrogen and oxygen atoms in total. The van der Waals surface area contributed by atoms with Gasteiger partial charge < -0.3 is 14.6 Å². The number of imidazole rings is 1. The lowest BCUT2D eigenvalue weighted by Crippen LogP contribution is -2.53. The zero-order chi connectivity index (χ0) is 15.1. The van der Waals surface area contributed by atoms with E-state index in [-0.39, 0.29) is 5.60 Å². The summed E-state index contributed by atoms with van der Waals surface area (Å²) >= 11 is 0. The quantitative estimate of drug-likeness (QED) is 0.785. The van der Waals surface area contributed by atoms with E-state index in [9.17, 15) is 0 Å². The Bertz CT molecular complexity index is 408. The van der Waals surface area contributed by atoms with Crippen molar-refractivity contribution in [2.75, 3.05) is 13.7 Å². The van der Waals surface area contributed by atoms with Crippen LogP contribution in [0.1, 0.15) is 58.2 Å². The standard InChI is InChI=1S/C17H31N3O/c1-4-20-13-12-19-16(20)14-15(18-3)17(21-5-2)10-8-6-7-9-11-17/h12-13,15,18H,4-11,14H2,1-3H3. The van der Waals surface area contributed by atoms with Crippen molar-refractivity contribution in [3.05, 3.63) is 18.2 Å². The Morgan fingerprint density at radius 3 is 2.57 bits per heavy atom. The van der Waals surface area contributed by atoms with Gasteiger partial charge in [0.2, 0.25) is 0 Å². The lowest BCUT2D eigenvalue weighted by molar-refractivity contribution is -0.0757. The van der Waals surface area contributed by atoms with Crippen molar-refractivity contribution in [2.45, 2.75) is 77.0 Å². The fourth-order valence-corrected chi connectivity index (χ4v) is 3.76. The molecule has 0 amide bonds. The van der Waals surface area contributed by atoms with Crippen LogP contribution in [0.15, 0.2) is 12.4 Å². The van der Waals surface area contributed by atoms with E-state index in [1.807, 2.05) is 6.20 Å². The van der Waals surface area contributed by atoms with Gasteiger partial charge in [-0.1, -0.05) is 25.7 Å². The zero-order valence-electron chi connectivity index (χ0n) is 13.9. The maximum Gasteiger partial charge on any atom is 0.110 e. The minimum atomic E-state index is -0.0233. The maximum atomic E-state index is 6.33. The topological polar surface area (TPSA) is 39.1 Å². The highest BCUT2D eigenvalue weighted by Crippen LogP contribution is 2.34. The number of aromatic nitrogens is 2. The Balaban J connectivity index is 2.18. The molecule has 0 bridgehead atoms. The molecule has 0 saturated heterocycles. The van der Waals surface area contributed by atoms with Gasteiger partial charge in [0.1, 0.15) is 5.82 Å². The first-order valence-corrected chi connectivity index (χ1v) is 8.57. The summed E-state index contributed by atoms with van der Waals surface area (Å²) in [4.78, 5) is 4.55. The monoisotopic (exact) mass is 293 g/mol. The Labute approximate surface area is 129 Å². The highest BCUT2D eigenvalue weighted by Gasteiger charge is 2.39. The number of hydrogen-bond donors (Lipinski definition) is 1. The molecule has 1 N–H and O–H groups in total. The number of hydrogen-bond acceptors (Lipinski definition) is 3. The third-order valence-electron chi connectivity index (χ3n) is 4.89. The summed E-state index contributed by atoms with van der Waals surface area (Å²) < 4.78 is 8.56. The van der Waals surface area contributed by atoms with Crippen LogP contribution >= 0.6 is 0 Å². The van der Waals surface area contributed by atoms with E-state index in [0.717, 1.165) is 19.6 Å². The van der Waals surface area contributed by atoms with Crippen molar-refractivity contribution in [3.8, 4) is 0 Å². The van der Waals surface area contributed by atoms with E-state index >= 15 is 0 Å². The third kappa shape index (κ3) is 3.86. The SMILES string of the molecule is CCOC1(C(Cc2nccn2CC)NC)CCCCCC1. The average Bonchev–Trinajstić information content (AvgIpc) is 2.82. The van der Waals surface area contributed by atoms with Crippen LogP contribution in [0.4, 0.5) is 0 Å². The molecule has 2 rings (SSSR count). The summed E-state index contributed by atoms with van der Waals surface area (Å²) in [6, 6.07) is 0.336. The fraction of sp³-hybridized carbons (Fsp3) is 0.824. The van der Waals surface area contributed by atoms with Crippen molar-refractivity contribution in [1.29, 1.82) is 0 Å². The fourth-order valence-electron chi connectivity index (χ4n) is 3.76. The Kier molecular flexibility index (Phi) is 6.24. The van der Waals surface area contributed by atoms with Crippen LogP contribution in [0, 0.1) is 0 Å². The second kappa shape index (κ2) is 7.95. The van der Waals surface area contributed by atoms with Crippen molar-refractivity contribution >= 4 is 0 Å². The number of aryl methyl sites for hydroxylation is 1. The lowest BCUT2D eigenvalue weighted by atomic mass is 9.84. The minimum absolute atomic E-state index is 0.0233. The summed E-state index contributed by atoms with van der Waals surface area (Å²) in [5, 5.41) is 3.54. The molecule has 0 aliphatic heterocycles. The molecule has 1 fully saturated rings. The second-order valence-electron chi connectivity index (χ2n) is 6.09. The summed E-state index contributed by atoms with van der Waals surface area (Å²) in [5.74, 6) is 1.17. The summed E-state index contributed by atoms with van der Waals surface area (Å²) in [6.07, 6.45) is 12.5. The van der Waals surface area contributed by atoms with Crippen molar-refractivity contribution in [2.24, 2.45) is 0 Å². The van der Waals surface area contributed by atoms with Gasteiger partial charge in [0.25, 0.3) is 0 Å². The molecule has 1 aromatic heterocycles. The van der Waals surface area contributed by atoms with Crippen molar-refractivity contribution < 1.29 is 4.74 Å². The van der Waals surface area contributed by atoms with E-state index in [0.29, 0.717) is 6.04 Å². The normalized spacial score (nSPS) is 20.1. The van der Waals surface area contributed by atoms with E-state index < -0.39 is 0 Å². The van der Waals surface area contributed by atoms with Crippen molar-refractivity contribution in [3.63, 3.8) is 0 Å². The molecule has 1 saturated carbocycles. The van der Waals surface area contributed by atoms with E-state index in [2.05, 4.69) is 42.0 Å². The van der Waals surface area contributed by atoms with Gasteiger partial charge in [0.15, 0.2) is 0 Å². The molecule has 1 unspecified atom stereocenters. The molecule has 1 aromatic rings. The van der Waals surface area contributed by atoms with Gasteiger partial charge in [-0.25, -0.2) is 4.98 Å². The predicted octanol–water partition coefficient (Wildman–Crippen LogP) is 3.16. The van der Waals surface area contributed by atoms with Crippen LogP contribution in [0.3, 0.4) is 0 Å². The number of nitrogens with zero attached hydrogens (tertiary/aromatic N) is 2. The molecule has 1 aliphatic rings. The molecule has 0 spiro atoms. The Morgan fingerprint density at radius 1 is 1.29 bits per heavy atom. The molecule has 21 heavy (non-hydrogen) atoms. The molecule has 1 atom stereocenters. The molecule has 120 valence electrons. The number of rotatable bonds is 7. The number of nitrogens with one attached hydrogen (secondary N) is 1. The first kappa shape index (κ1) is 16.5. The largest absolute Gasteiger partial charge is 0.374 e. The second-order valence-corrected chi connectivity index (χ2v) is 6.09. The van der Waals surface area contributed by atoms with Crippen LogP contribution in [0.25, 0.3) is 0 Å². The van der Waals surface area contributed by atoms with E-state index in [1.54, 1.807) is 0 Å². The van der Waals surface area contributed by atoms with Crippen LogP contribution in [0.5, 0.6) is 0 Å². The number of likely N-dealkylation sites (N-methyl/N-ethyl adjacent to an activating group) is 1. The van der Waals surface area contributed by atoms with Crippen LogP contribution in [0.2, 0.25) is 0 Å². The van der Waals surface area contributed by atoms with Crippen LogP contribution in [-0.4, -0.2) is 34.8 Å². The van der Waals surface area contributed by atoms with Gasteiger partial charge in [0, 0.05) is 38.0 Å². The molecule has 0 radical (unpaired) electrons. The molecular formula is C17H31N3O. The molecule has 1 heterocycles. The molecule has 1 aliphatic carbocycles. The van der Waals surface area contributed by atoms with Gasteiger partial charge >= 0.3 is 0 Å². The summed E-state index contributed by atoms with van der Waals surface area (Å²) in [5.41, 5.74) is -0.0233. The van der Waals surface area contributed by atoms with E-state index in [1.165, 1.54) is 44.3 Å². The molecule has 4 heteroatoms.